The highest BCUT2D eigenvalue weighted by molar-refractivity contribution is 5.21. The number of hydrogen-bond donors (Lipinski definition) is 3. The molecule has 0 bridgehead atoms. The molecule has 10 nitrogen and oxygen atoms in total. The minimum atomic E-state index is -1.11. The highest BCUT2D eigenvalue weighted by Gasteiger charge is 2.35. The van der Waals surface area contributed by atoms with Crippen molar-refractivity contribution in [2.24, 2.45) is 0 Å². The van der Waals surface area contributed by atoms with Crippen LogP contribution in [0.1, 0.15) is 12.6 Å². The number of nitrogens with zero attached hydrogens (tertiary/aromatic N) is 2. The lowest BCUT2D eigenvalue weighted by molar-refractivity contribution is -0.387. The molecule has 3 atom stereocenters. The molecule has 0 aromatic carbocycles. The fourth-order valence-electron chi connectivity index (χ4n) is 1.87. The number of aliphatic hydroxyl groups is 2. The Bertz CT molecular complexity index is 607. The maximum Gasteiger partial charge on any atom is 0.350 e. The molecule has 0 aliphatic carbocycles. The van der Waals surface area contributed by atoms with Gasteiger partial charge in [-0.15, -0.1) is 0 Å². The van der Waals surface area contributed by atoms with Crippen LogP contribution in [-0.4, -0.2) is 43.5 Å². The molecule has 0 amide bonds. The summed E-state index contributed by atoms with van der Waals surface area (Å²) in [6, 6.07) is 0. The summed E-state index contributed by atoms with van der Waals surface area (Å²) in [5, 5.41) is 29.1. The second-order valence-corrected chi connectivity index (χ2v) is 4.05. The Morgan fingerprint density at radius 1 is 1.58 bits per heavy atom. The molecule has 2 rings (SSSR count). The Hall–Kier alpha value is -2.04. The van der Waals surface area contributed by atoms with Gasteiger partial charge in [-0.2, -0.15) is 0 Å². The molecule has 10 heteroatoms. The van der Waals surface area contributed by atoms with Gasteiger partial charge in [0.25, 0.3) is 0 Å². The Balaban J connectivity index is 2.41. The van der Waals surface area contributed by atoms with Crippen LogP contribution in [0.25, 0.3) is 0 Å². The van der Waals surface area contributed by atoms with Crippen molar-refractivity contribution in [3.8, 4) is 0 Å². The molecular formula is C9H11N3O7. The lowest BCUT2D eigenvalue weighted by Crippen LogP contribution is -2.33. The lowest BCUT2D eigenvalue weighted by atomic mass is 10.2. The van der Waals surface area contributed by atoms with Gasteiger partial charge in [-0.05, 0) is 0 Å². The van der Waals surface area contributed by atoms with Crippen LogP contribution in [0, 0.1) is 10.1 Å². The van der Waals surface area contributed by atoms with E-state index in [-0.39, 0.29) is 6.42 Å². The summed E-state index contributed by atoms with van der Waals surface area (Å²) in [7, 11) is 0. The van der Waals surface area contributed by atoms with Crippen LogP contribution in [0.3, 0.4) is 0 Å². The Kier molecular flexibility index (Phi) is 3.46. The summed E-state index contributed by atoms with van der Waals surface area (Å²) >= 11 is 0. The van der Waals surface area contributed by atoms with Crippen LogP contribution in [0.5, 0.6) is 0 Å². The van der Waals surface area contributed by atoms with Crippen molar-refractivity contribution in [2.75, 3.05) is 6.61 Å². The first-order chi connectivity index (χ1) is 8.93. The monoisotopic (exact) mass is 273 g/mol. The van der Waals surface area contributed by atoms with Gasteiger partial charge in [-0.25, -0.2) is 4.79 Å². The highest BCUT2D eigenvalue weighted by atomic mass is 16.6. The van der Waals surface area contributed by atoms with E-state index in [1.807, 2.05) is 0 Å². The molecule has 0 spiro atoms. The van der Waals surface area contributed by atoms with Crippen LogP contribution in [-0.2, 0) is 4.74 Å². The third-order valence-electron chi connectivity index (χ3n) is 2.84. The molecule has 1 fully saturated rings. The maximum atomic E-state index is 11.6. The zero-order valence-electron chi connectivity index (χ0n) is 9.55. The van der Waals surface area contributed by atoms with Crippen molar-refractivity contribution in [3.63, 3.8) is 0 Å². The van der Waals surface area contributed by atoms with Crippen LogP contribution in [0.15, 0.2) is 15.8 Å². The topological polar surface area (TPSA) is 148 Å². The molecule has 1 saturated heterocycles. The van der Waals surface area contributed by atoms with Crippen molar-refractivity contribution in [3.05, 3.63) is 37.1 Å². The standard InChI is InChI=1S/C9H11N3O7/c13-3-6-5(14)1-7(19-6)11-2-4(12(17)18)8(15)10-9(11)16/h2,5-7,13-14H,1,3H2,(H,10,15,16)/t5-,6+,7+/m1/s1. The van der Waals surface area contributed by atoms with E-state index in [1.54, 1.807) is 4.98 Å². The van der Waals surface area contributed by atoms with Crippen LogP contribution in [0.4, 0.5) is 5.69 Å². The van der Waals surface area contributed by atoms with E-state index in [2.05, 4.69) is 0 Å². The molecule has 3 N–H and O–H groups in total. The Morgan fingerprint density at radius 3 is 2.79 bits per heavy atom. The molecule has 0 radical (unpaired) electrons. The summed E-state index contributed by atoms with van der Waals surface area (Å²) in [6.07, 6.45) is -2.10. The number of aliphatic hydroxyl groups excluding tert-OH is 2. The molecule has 104 valence electrons. The number of ether oxygens (including phenoxy) is 1. The first-order valence-corrected chi connectivity index (χ1v) is 5.38. The van der Waals surface area contributed by atoms with Gasteiger partial charge in [0.15, 0.2) is 0 Å². The van der Waals surface area contributed by atoms with Gasteiger partial charge in [0.05, 0.1) is 23.8 Å². The van der Waals surface area contributed by atoms with Crippen LogP contribution in [0.2, 0.25) is 0 Å². The van der Waals surface area contributed by atoms with Crippen molar-refractivity contribution in [1.29, 1.82) is 0 Å². The van der Waals surface area contributed by atoms with Gasteiger partial charge in [-0.1, -0.05) is 0 Å². The van der Waals surface area contributed by atoms with Crippen LogP contribution < -0.4 is 11.2 Å². The first kappa shape index (κ1) is 13.4. The largest absolute Gasteiger partial charge is 0.394 e. The van der Waals surface area contributed by atoms with Crippen molar-refractivity contribution in [1.82, 2.24) is 9.55 Å². The highest BCUT2D eigenvalue weighted by Crippen LogP contribution is 2.27. The number of nitro groups is 1. The zero-order valence-corrected chi connectivity index (χ0v) is 9.55. The third kappa shape index (κ3) is 2.41. The Morgan fingerprint density at radius 2 is 2.26 bits per heavy atom. The minimum Gasteiger partial charge on any atom is -0.394 e. The van der Waals surface area contributed by atoms with Gasteiger partial charge >= 0.3 is 16.9 Å². The van der Waals surface area contributed by atoms with E-state index >= 15 is 0 Å². The van der Waals surface area contributed by atoms with E-state index < -0.39 is 46.9 Å². The van der Waals surface area contributed by atoms with E-state index in [4.69, 9.17) is 9.84 Å². The molecule has 19 heavy (non-hydrogen) atoms. The number of H-pyrrole nitrogens is 1. The average molecular weight is 273 g/mol. The molecular weight excluding hydrogens is 262 g/mol. The lowest BCUT2D eigenvalue weighted by Gasteiger charge is -2.13. The second-order valence-electron chi connectivity index (χ2n) is 4.05. The summed E-state index contributed by atoms with van der Waals surface area (Å²) in [5.41, 5.74) is -2.79. The minimum absolute atomic E-state index is 0.0195. The molecule has 1 aliphatic heterocycles. The van der Waals surface area contributed by atoms with Crippen molar-refractivity contribution >= 4 is 5.69 Å². The molecule has 2 heterocycles. The van der Waals surface area contributed by atoms with E-state index in [9.17, 15) is 24.8 Å². The summed E-state index contributed by atoms with van der Waals surface area (Å²) in [5.74, 6) is 0. The van der Waals surface area contributed by atoms with Gasteiger partial charge < -0.3 is 14.9 Å². The van der Waals surface area contributed by atoms with Crippen molar-refractivity contribution < 1.29 is 19.9 Å². The van der Waals surface area contributed by atoms with Crippen LogP contribution >= 0.6 is 0 Å². The quantitative estimate of drug-likeness (QED) is 0.429. The van der Waals surface area contributed by atoms with Gasteiger partial charge in [-0.3, -0.25) is 24.5 Å². The fraction of sp³-hybridized carbons (Fsp3) is 0.556. The van der Waals surface area contributed by atoms with Gasteiger partial charge in [0.2, 0.25) is 0 Å². The molecule has 1 aromatic heterocycles. The molecule has 1 aliphatic rings. The smallest absolute Gasteiger partial charge is 0.350 e. The fourth-order valence-corrected chi connectivity index (χ4v) is 1.87. The second kappa shape index (κ2) is 4.91. The van der Waals surface area contributed by atoms with Gasteiger partial charge in [0, 0.05) is 6.42 Å². The maximum absolute atomic E-state index is 11.6. The van der Waals surface area contributed by atoms with Crippen molar-refractivity contribution in [2.45, 2.75) is 24.9 Å². The third-order valence-corrected chi connectivity index (χ3v) is 2.84. The van der Waals surface area contributed by atoms with Gasteiger partial charge in [0.1, 0.15) is 12.3 Å². The average Bonchev–Trinajstić information content (AvgIpc) is 2.69. The molecule has 0 saturated carbocycles. The summed E-state index contributed by atoms with van der Waals surface area (Å²) < 4.78 is 6.00. The zero-order chi connectivity index (χ0) is 14.2. The normalized spacial score (nSPS) is 26.5. The number of aromatic nitrogens is 2. The number of hydrogen-bond acceptors (Lipinski definition) is 7. The predicted molar refractivity (Wildman–Crippen MR) is 59.6 cm³/mol. The number of aromatic amines is 1. The Labute approximate surface area is 105 Å². The van der Waals surface area contributed by atoms with E-state index in [0.29, 0.717) is 0 Å². The molecule has 0 unspecified atom stereocenters. The first-order valence-electron chi connectivity index (χ1n) is 5.38. The summed E-state index contributed by atoms with van der Waals surface area (Å²) in [4.78, 5) is 34.3. The SMILES string of the molecule is O=c1[nH]c(=O)n([C@@H]2C[C@@H](O)[C@H](CO)O2)cc1[N+](=O)[O-]. The number of nitrogens with one attached hydrogen (secondary N) is 1. The van der Waals surface area contributed by atoms with E-state index in [1.165, 1.54) is 0 Å². The summed E-state index contributed by atoms with van der Waals surface area (Å²) in [6.45, 7) is -0.447. The number of rotatable bonds is 3. The predicted octanol–water partition coefficient (Wildman–Crippen LogP) is -1.91. The molecule has 1 aromatic rings. The van der Waals surface area contributed by atoms with E-state index in [0.717, 1.165) is 10.8 Å².